The minimum Gasteiger partial charge on any atom is -0.451 e. The zero-order chi connectivity index (χ0) is 7.28. The van der Waals surface area contributed by atoms with Crippen molar-refractivity contribution < 1.29 is 9.53 Å². The van der Waals surface area contributed by atoms with E-state index in [1.54, 1.807) is 0 Å². The Morgan fingerprint density at radius 1 is 1.78 bits per heavy atom. The molecule has 0 saturated heterocycles. The normalized spacial score (nSPS) is 12.8. The van der Waals surface area contributed by atoms with Gasteiger partial charge in [0.1, 0.15) is 6.10 Å². The van der Waals surface area contributed by atoms with Gasteiger partial charge < -0.3 is 4.74 Å². The van der Waals surface area contributed by atoms with Crippen LogP contribution in [0.1, 0.15) is 26.7 Å². The zero-order valence-corrected chi connectivity index (χ0v) is 6.44. The largest absolute Gasteiger partial charge is 0.451 e. The van der Waals surface area contributed by atoms with Crippen LogP contribution in [0.5, 0.6) is 0 Å². The highest BCUT2D eigenvalue weighted by Gasteiger charge is 2.03. The molecule has 0 aromatic rings. The molecule has 0 amide bonds. The highest BCUT2D eigenvalue weighted by Crippen LogP contribution is 2.02. The third-order valence-corrected chi connectivity index (χ3v) is 1.08. The Morgan fingerprint density at radius 3 is 2.67 bits per heavy atom. The maximum atomic E-state index is 10.1. The van der Waals surface area contributed by atoms with Crippen LogP contribution in [0, 0.1) is 0 Å². The van der Waals surface area contributed by atoms with Crippen molar-refractivity contribution in [2.24, 2.45) is 0 Å². The van der Waals surface area contributed by atoms with E-state index >= 15 is 0 Å². The molecule has 2 nitrogen and oxygen atoms in total. The Morgan fingerprint density at radius 2 is 2.33 bits per heavy atom. The minimum absolute atomic E-state index is 0.0417. The number of carbonyl (C=O) groups excluding carboxylic acids is 1. The predicted molar refractivity (Wildman–Crippen MR) is 36.7 cm³/mol. The average molecular weight is 151 g/mol. The summed E-state index contributed by atoms with van der Waals surface area (Å²) in [6.07, 6.45) is 1.84. The second-order valence-electron chi connectivity index (χ2n) is 1.95. The Kier molecular flexibility index (Phi) is 4.50. The van der Waals surface area contributed by atoms with E-state index in [0.29, 0.717) is 0 Å². The molecule has 0 spiro atoms. The van der Waals surface area contributed by atoms with Gasteiger partial charge in [0, 0.05) is 11.6 Å². The average Bonchev–Trinajstić information content (AvgIpc) is 1.63. The summed E-state index contributed by atoms with van der Waals surface area (Å²) in [6, 6.07) is 0. The molecule has 0 aromatic heterocycles. The van der Waals surface area contributed by atoms with E-state index in [1.165, 1.54) is 0 Å². The topological polar surface area (TPSA) is 26.3 Å². The summed E-state index contributed by atoms with van der Waals surface area (Å²) in [4.78, 5) is 10.1. The molecule has 0 radical (unpaired) electrons. The van der Waals surface area contributed by atoms with E-state index in [1.807, 2.05) is 13.8 Å². The molecular formula is C6H11ClO2. The lowest BCUT2D eigenvalue weighted by atomic mass is 10.2. The van der Waals surface area contributed by atoms with Crippen molar-refractivity contribution in [1.82, 2.24) is 0 Å². The molecule has 0 unspecified atom stereocenters. The van der Waals surface area contributed by atoms with Crippen molar-refractivity contribution in [3.63, 3.8) is 0 Å². The molecule has 54 valence electrons. The van der Waals surface area contributed by atoms with Gasteiger partial charge in [-0.05, 0) is 13.3 Å². The first-order valence-electron chi connectivity index (χ1n) is 3.03. The summed E-state index contributed by atoms with van der Waals surface area (Å²) in [5.41, 5.74) is -0.712. The van der Waals surface area contributed by atoms with Gasteiger partial charge in [0.2, 0.25) is 0 Å². The van der Waals surface area contributed by atoms with Crippen LogP contribution in [0.2, 0.25) is 0 Å². The Bertz CT molecular complexity index is 93.1. The molecule has 1 atom stereocenters. The number of hydrogen-bond acceptors (Lipinski definition) is 2. The van der Waals surface area contributed by atoms with Crippen molar-refractivity contribution >= 4 is 17.0 Å². The van der Waals surface area contributed by atoms with Crippen molar-refractivity contribution in [2.45, 2.75) is 32.8 Å². The summed E-state index contributed by atoms with van der Waals surface area (Å²) in [7, 11) is 0. The molecule has 0 aromatic carbocycles. The number of hydrogen-bond donors (Lipinski definition) is 0. The third kappa shape index (κ3) is 5.63. The van der Waals surface area contributed by atoms with Gasteiger partial charge in [0.25, 0.3) is 0 Å². The van der Waals surface area contributed by atoms with E-state index in [-0.39, 0.29) is 6.10 Å². The molecule has 0 aliphatic carbocycles. The zero-order valence-electron chi connectivity index (χ0n) is 5.69. The van der Waals surface area contributed by atoms with Crippen molar-refractivity contribution in [3.05, 3.63) is 0 Å². The standard InChI is InChI=1S/C6H11ClO2/c1-3-4-5(2)9-6(7)8/h5H,3-4H2,1-2H3/t5-/m1/s1. The van der Waals surface area contributed by atoms with E-state index in [9.17, 15) is 4.79 Å². The van der Waals surface area contributed by atoms with Crippen LogP contribution < -0.4 is 0 Å². The van der Waals surface area contributed by atoms with Gasteiger partial charge in [-0.2, -0.15) is 0 Å². The fourth-order valence-electron chi connectivity index (χ4n) is 0.624. The number of ether oxygens (including phenoxy) is 1. The molecule has 0 rings (SSSR count). The van der Waals surface area contributed by atoms with E-state index in [0.717, 1.165) is 12.8 Å². The van der Waals surface area contributed by atoms with Crippen molar-refractivity contribution in [2.75, 3.05) is 0 Å². The van der Waals surface area contributed by atoms with Crippen LogP contribution in [-0.2, 0) is 4.74 Å². The summed E-state index contributed by atoms with van der Waals surface area (Å²) in [5.74, 6) is 0. The SMILES string of the molecule is CCC[C@@H](C)OC(=O)Cl. The Labute approximate surface area is 60.1 Å². The number of rotatable bonds is 3. The van der Waals surface area contributed by atoms with Gasteiger partial charge in [-0.25, -0.2) is 4.79 Å². The fourth-order valence-corrected chi connectivity index (χ4v) is 0.776. The van der Waals surface area contributed by atoms with E-state index in [4.69, 9.17) is 11.6 Å². The first kappa shape index (κ1) is 8.76. The molecule has 0 heterocycles. The number of carbonyl (C=O) groups is 1. The maximum absolute atomic E-state index is 10.1. The molecule has 0 aliphatic rings. The van der Waals surface area contributed by atoms with Gasteiger partial charge in [-0.3, -0.25) is 0 Å². The van der Waals surface area contributed by atoms with Crippen LogP contribution in [0.4, 0.5) is 4.79 Å². The van der Waals surface area contributed by atoms with Gasteiger partial charge in [0.15, 0.2) is 0 Å². The van der Waals surface area contributed by atoms with Gasteiger partial charge >= 0.3 is 5.43 Å². The quantitative estimate of drug-likeness (QED) is 0.578. The highest BCUT2D eigenvalue weighted by atomic mass is 35.5. The van der Waals surface area contributed by atoms with Crippen LogP contribution in [0.25, 0.3) is 0 Å². The summed E-state index contributed by atoms with van der Waals surface area (Å²) in [5, 5.41) is 0. The number of halogens is 1. The molecule has 0 bridgehead atoms. The van der Waals surface area contributed by atoms with Crippen molar-refractivity contribution in [3.8, 4) is 0 Å². The lowest BCUT2D eigenvalue weighted by Crippen LogP contribution is -2.08. The molecule has 3 heteroatoms. The Hall–Kier alpha value is -0.240. The van der Waals surface area contributed by atoms with Crippen LogP contribution >= 0.6 is 11.6 Å². The summed E-state index contributed by atoms with van der Waals surface area (Å²) < 4.78 is 4.62. The fraction of sp³-hybridized carbons (Fsp3) is 0.833. The Balaban J connectivity index is 3.26. The highest BCUT2D eigenvalue weighted by molar-refractivity contribution is 6.61. The lowest BCUT2D eigenvalue weighted by Gasteiger charge is -2.07. The van der Waals surface area contributed by atoms with Crippen LogP contribution in [0.15, 0.2) is 0 Å². The summed E-state index contributed by atoms with van der Waals surface area (Å²) in [6.45, 7) is 3.85. The van der Waals surface area contributed by atoms with Gasteiger partial charge in [-0.15, -0.1) is 0 Å². The summed E-state index contributed by atoms with van der Waals surface area (Å²) >= 11 is 4.95. The molecule has 0 aliphatic heterocycles. The second-order valence-corrected chi connectivity index (χ2v) is 2.26. The van der Waals surface area contributed by atoms with Gasteiger partial charge in [0.05, 0.1) is 0 Å². The maximum Gasteiger partial charge on any atom is 0.404 e. The first-order chi connectivity index (χ1) is 4.16. The first-order valence-corrected chi connectivity index (χ1v) is 3.40. The molecule has 0 fully saturated rings. The van der Waals surface area contributed by atoms with Crippen LogP contribution in [-0.4, -0.2) is 11.5 Å². The molecule has 0 N–H and O–H groups in total. The monoisotopic (exact) mass is 150 g/mol. The second kappa shape index (κ2) is 4.62. The molecule has 9 heavy (non-hydrogen) atoms. The van der Waals surface area contributed by atoms with E-state index in [2.05, 4.69) is 4.74 Å². The predicted octanol–water partition coefficient (Wildman–Crippen LogP) is 2.55. The van der Waals surface area contributed by atoms with E-state index < -0.39 is 5.43 Å². The smallest absolute Gasteiger partial charge is 0.404 e. The molecular weight excluding hydrogens is 140 g/mol. The third-order valence-electron chi connectivity index (χ3n) is 0.989. The van der Waals surface area contributed by atoms with Crippen molar-refractivity contribution in [1.29, 1.82) is 0 Å². The molecule has 0 saturated carbocycles. The minimum atomic E-state index is -0.712. The van der Waals surface area contributed by atoms with Crippen LogP contribution in [0.3, 0.4) is 0 Å². The lowest BCUT2D eigenvalue weighted by molar-refractivity contribution is 0.126. The van der Waals surface area contributed by atoms with Gasteiger partial charge in [-0.1, -0.05) is 13.3 Å².